The van der Waals surface area contributed by atoms with Crippen LogP contribution >= 0.6 is 0 Å². The molecular weight excluding hydrogens is 243 g/mol. The first-order valence-electron chi connectivity index (χ1n) is 6.23. The van der Waals surface area contributed by atoms with Crippen LogP contribution < -0.4 is 5.73 Å². The molecule has 0 aliphatic heterocycles. The van der Waals surface area contributed by atoms with Gasteiger partial charge in [0.1, 0.15) is 5.69 Å². The molecule has 1 fully saturated rings. The Balaban J connectivity index is 2.09. The topological polar surface area (TPSA) is 43.8 Å². The number of aromatic nitrogens is 2. The van der Waals surface area contributed by atoms with Crippen LogP contribution in [0.25, 0.3) is 0 Å². The van der Waals surface area contributed by atoms with E-state index in [4.69, 9.17) is 5.73 Å². The fraction of sp³-hybridized carbons (Fsp3) is 0.750. The summed E-state index contributed by atoms with van der Waals surface area (Å²) in [6.07, 6.45) is -0.764. The van der Waals surface area contributed by atoms with E-state index in [1.54, 1.807) is 6.92 Å². The van der Waals surface area contributed by atoms with E-state index in [-0.39, 0.29) is 12.0 Å². The van der Waals surface area contributed by atoms with Crippen LogP contribution in [0.5, 0.6) is 0 Å². The van der Waals surface area contributed by atoms with E-state index in [2.05, 4.69) is 5.10 Å². The normalized spacial score (nSPS) is 25.4. The molecule has 6 heteroatoms. The maximum Gasteiger partial charge on any atom is 0.433 e. The zero-order valence-electron chi connectivity index (χ0n) is 10.4. The largest absolute Gasteiger partial charge is 0.433 e. The number of halogens is 3. The third-order valence-corrected chi connectivity index (χ3v) is 3.52. The number of hydrogen-bond acceptors (Lipinski definition) is 2. The standard InChI is InChI=1S/C12H18F3N3/c1-8-6-11(12(13,14)15)18(17-8)7-9-2-4-10(16)5-3-9/h6,9-10H,2-5,7,16H2,1H3/t9-,10-. The van der Waals surface area contributed by atoms with Gasteiger partial charge in [0.2, 0.25) is 0 Å². The summed E-state index contributed by atoms with van der Waals surface area (Å²) >= 11 is 0. The highest BCUT2D eigenvalue weighted by Crippen LogP contribution is 2.32. The molecule has 0 radical (unpaired) electrons. The number of alkyl halides is 3. The molecule has 3 nitrogen and oxygen atoms in total. The van der Waals surface area contributed by atoms with E-state index in [0.29, 0.717) is 12.2 Å². The van der Waals surface area contributed by atoms with Gasteiger partial charge in [0, 0.05) is 12.6 Å². The molecule has 0 atom stereocenters. The molecule has 102 valence electrons. The van der Waals surface area contributed by atoms with Crippen molar-refractivity contribution < 1.29 is 13.2 Å². The Bertz CT molecular complexity index is 403. The zero-order chi connectivity index (χ0) is 13.3. The van der Waals surface area contributed by atoms with Gasteiger partial charge >= 0.3 is 6.18 Å². The minimum absolute atomic E-state index is 0.211. The van der Waals surface area contributed by atoms with Gasteiger partial charge in [0.15, 0.2) is 0 Å². The predicted molar refractivity (Wildman–Crippen MR) is 61.9 cm³/mol. The van der Waals surface area contributed by atoms with Crippen molar-refractivity contribution >= 4 is 0 Å². The van der Waals surface area contributed by atoms with Crippen LogP contribution in [0.4, 0.5) is 13.2 Å². The second-order valence-electron chi connectivity index (χ2n) is 5.13. The Kier molecular flexibility index (Phi) is 3.66. The second kappa shape index (κ2) is 4.91. The minimum Gasteiger partial charge on any atom is -0.328 e. The maximum atomic E-state index is 12.8. The number of rotatable bonds is 2. The summed E-state index contributed by atoms with van der Waals surface area (Å²) in [5, 5.41) is 3.96. The summed E-state index contributed by atoms with van der Waals surface area (Å²) in [5.41, 5.74) is 5.56. The van der Waals surface area contributed by atoms with Crippen LogP contribution in [0.15, 0.2) is 6.07 Å². The van der Waals surface area contributed by atoms with Crippen LogP contribution in [-0.2, 0) is 12.7 Å². The van der Waals surface area contributed by atoms with Crippen molar-refractivity contribution in [2.45, 2.75) is 51.4 Å². The van der Waals surface area contributed by atoms with Crippen molar-refractivity contribution in [1.82, 2.24) is 9.78 Å². The van der Waals surface area contributed by atoms with Crippen molar-refractivity contribution in [1.29, 1.82) is 0 Å². The monoisotopic (exact) mass is 261 g/mol. The minimum atomic E-state index is -4.33. The molecule has 1 heterocycles. The third-order valence-electron chi connectivity index (χ3n) is 3.52. The molecule has 0 amide bonds. The second-order valence-corrected chi connectivity index (χ2v) is 5.13. The molecule has 1 aliphatic rings. The summed E-state index contributed by atoms with van der Waals surface area (Å²) in [6, 6.07) is 1.32. The molecule has 2 N–H and O–H groups in total. The molecular formula is C12H18F3N3. The van der Waals surface area contributed by atoms with Crippen molar-refractivity contribution in [3.05, 3.63) is 17.5 Å². The van der Waals surface area contributed by atoms with Crippen molar-refractivity contribution in [3.8, 4) is 0 Å². The molecule has 2 rings (SSSR count). The lowest BCUT2D eigenvalue weighted by Gasteiger charge is -2.26. The van der Waals surface area contributed by atoms with Crippen molar-refractivity contribution in [2.24, 2.45) is 11.7 Å². The van der Waals surface area contributed by atoms with Crippen LogP contribution in [0.1, 0.15) is 37.1 Å². The lowest BCUT2D eigenvalue weighted by molar-refractivity contribution is -0.144. The van der Waals surface area contributed by atoms with Gasteiger partial charge in [-0.15, -0.1) is 0 Å². The lowest BCUT2D eigenvalue weighted by Crippen LogP contribution is -2.29. The average molecular weight is 261 g/mol. The average Bonchev–Trinajstić information content (AvgIpc) is 2.63. The Hall–Kier alpha value is -1.04. The van der Waals surface area contributed by atoms with Gasteiger partial charge in [-0.25, -0.2) is 0 Å². The molecule has 0 unspecified atom stereocenters. The van der Waals surface area contributed by atoms with Gasteiger partial charge in [-0.05, 0) is 44.6 Å². The number of nitrogens with zero attached hydrogens (tertiary/aromatic N) is 2. The summed E-state index contributed by atoms with van der Waals surface area (Å²) in [7, 11) is 0. The summed E-state index contributed by atoms with van der Waals surface area (Å²) in [4.78, 5) is 0. The van der Waals surface area contributed by atoms with Gasteiger partial charge in [-0.3, -0.25) is 4.68 Å². The van der Waals surface area contributed by atoms with E-state index in [9.17, 15) is 13.2 Å². The van der Waals surface area contributed by atoms with Gasteiger partial charge < -0.3 is 5.73 Å². The highest BCUT2D eigenvalue weighted by molar-refractivity contribution is 5.12. The Labute approximate surface area is 104 Å². The maximum absolute atomic E-state index is 12.8. The fourth-order valence-electron chi connectivity index (χ4n) is 2.53. The quantitative estimate of drug-likeness (QED) is 0.889. The molecule has 0 bridgehead atoms. The molecule has 1 aromatic rings. The van der Waals surface area contributed by atoms with Gasteiger partial charge in [-0.2, -0.15) is 18.3 Å². The Morgan fingerprint density at radius 3 is 2.50 bits per heavy atom. The molecule has 1 aliphatic carbocycles. The lowest BCUT2D eigenvalue weighted by atomic mass is 9.86. The van der Waals surface area contributed by atoms with Crippen LogP contribution in [0, 0.1) is 12.8 Å². The van der Waals surface area contributed by atoms with E-state index < -0.39 is 11.9 Å². The van der Waals surface area contributed by atoms with E-state index in [1.165, 1.54) is 0 Å². The van der Waals surface area contributed by atoms with Crippen LogP contribution in [0.3, 0.4) is 0 Å². The van der Waals surface area contributed by atoms with Crippen LogP contribution in [0.2, 0.25) is 0 Å². The first-order chi connectivity index (χ1) is 8.36. The molecule has 1 aromatic heterocycles. The van der Waals surface area contributed by atoms with Crippen LogP contribution in [-0.4, -0.2) is 15.8 Å². The van der Waals surface area contributed by atoms with Gasteiger partial charge in [-0.1, -0.05) is 0 Å². The predicted octanol–water partition coefficient (Wildman–Crippen LogP) is 2.73. The third kappa shape index (κ3) is 3.04. The van der Waals surface area contributed by atoms with Gasteiger partial charge in [0.05, 0.1) is 5.69 Å². The number of aryl methyl sites for hydroxylation is 1. The van der Waals surface area contributed by atoms with E-state index in [1.807, 2.05) is 0 Å². The molecule has 0 saturated heterocycles. The van der Waals surface area contributed by atoms with E-state index >= 15 is 0 Å². The first-order valence-corrected chi connectivity index (χ1v) is 6.23. The van der Waals surface area contributed by atoms with Gasteiger partial charge in [0.25, 0.3) is 0 Å². The summed E-state index contributed by atoms with van der Waals surface area (Å²) < 4.78 is 39.5. The highest BCUT2D eigenvalue weighted by atomic mass is 19.4. The van der Waals surface area contributed by atoms with Crippen molar-refractivity contribution in [2.75, 3.05) is 0 Å². The molecule has 0 aromatic carbocycles. The zero-order valence-corrected chi connectivity index (χ0v) is 10.4. The molecule has 18 heavy (non-hydrogen) atoms. The Morgan fingerprint density at radius 2 is 1.94 bits per heavy atom. The fourth-order valence-corrected chi connectivity index (χ4v) is 2.53. The smallest absolute Gasteiger partial charge is 0.328 e. The summed E-state index contributed by atoms with van der Waals surface area (Å²) in [6.45, 7) is 1.93. The molecule has 0 spiro atoms. The highest BCUT2D eigenvalue weighted by Gasteiger charge is 2.36. The Morgan fingerprint density at radius 1 is 1.33 bits per heavy atom. The summed E-state index contributed by atoms with van der Waals surface area (Å²) in [5.74, 6) is 0.255. The number of nitrogens with two attached hydrogens (primary N) is 1. The SMILES string of the molecule is Cc1cc(C(F)(F)F)n(C[C@H]2CC[C@H](N)CC2)n1. The van der Waals surface area contributed by atoms with Crippen molar-refractivity contribution in [3.63, 3.8) is 0 Å². The number of hydrogen-bond donors (Lipinski definition) is 1. The first kappa shape index (κ1) is 13.4. The van der Waals surface area contributed by atoms with E-state index in [0.717, 1.165) is 36.4 Å². The molecule has 1 saturated carbocycles.